The van der Waals surface area contributed by atoms with Crippen LogP contribution in [-0.2, 0) is 19.1 Å². The van der Waals surface area contributed by atoms with Crippen LogP contribution in [0.15, 0.2) is 54.6 Å². The molecule has 0 radical (unpaired) electrons. The minimum Gasteiger partial charge on any atom is -0.482 e. The Morgan fingerprint density at radius 1 is 1.14 bits per heavy atom. The summed E-state index contributed by atoms with van der Waals surface area (Å²) in [5.74, 6) is -0.436. The van der Waals surface area contributed by atoms with Crippen LogP contribution in [0.25, 0.3) is 0 Å². The average Bonchev–Trinajstić information content (AvgIpc) is 2.76. The van der Waals surface area contributed by atoms with Crippen molar-refractivity contribution in [2.45, 2.75) is 19.4 Å². The van der Waals surface area contributed by atoms with E-state index in [4.69, 9.17) is 9.47 Å². The van der Waals surface area contributed by atoms with Crippen molar-refractivity contribution < 1.29 is 23.9 Å². The van der Waals surface area contributed by atoms with E-state index in [2.05, 4.69) is 0 Å². The molecule has 0 N–H and O–H groups in total. The highest BCUT2D eigenvalue weighted by atomic mass is 16.5. The summed E-state index contributed by atoms with van der Waals surface area (Å²) in [5.41, 5.74) is 1.63. The molecule has 7 nitrogen and oxygen atoms in total. The summed E-state index contributed by atoms with van der Waals surface area (Å²) in [6.07, 6.45) is -0.00862. The summed E-state index contributed by atoms with van der Waals surface area (Å²) in [5, 5.41) is 0. The molecule has 3 rings (SSSR count). The van der Waals surface area contributed by atoms with Crippen LogP contribution in [0.5, 0.6) is 5.75 Å². The van der Waals surface area contributed by atoms with Gasteiger partial charge < -0.3 is 19.3 Å². The first kappa shape index (κ1) is 20.4. The zero-order chi connectivity index (χ0) is 20.8. The van der Waals surface area contributed by atoms with Crippen LogP contribution in [0, 0.1) is 0 Å². The number of esters is 1. The van der Waals surface area contributed by atoms with Crippen molar-refractivity contribution in [1.29, 1.82) is 0 Å². The fourth-order valence-corrected chi connectivity index (χ4v) is 3.09. The summed E-state index contributed by atoms with van der Waals surface area (Å²) in [6.45, 7) is 1.69. The predicted molar refractivity (Wildman–Crippen MR) is 107 cm³/mol. The first-order valence-electron chi connectivity index (χ1n) is 9.46. The van der Waals surface area contributed by atoms with Gasteiger partial charge in [0.25, 0.3) is 11.8 Å². The van der Waals surface area contributed by atoms with E-state index < -0.39 is 5.97 Å². The molecule has 0 fully saturated rings. The highest BCUT2D eigenvalue weighted by Gasteiger charge is 2.26. The van der Waals surface area contributed by atoms with E-state index in [1.54, 1.807) is 30.1 Å². The van der Waals surface area contributed by atoms with Crippen LogP contribution in [0.4, 0.5) is 5.69 Å². The number of rotatable bonds is 7. The number of ether oxygens (including phenoxy) is 2. The molecule has 0 saturated heterocycles. The minimum atomic E-state index is -0.532. The summed E-state index contributed by atoms with van der Waals surface area (Å²) in [4.78, 5) is 39.6. The van der Waals surface area contributed by atoms with Gasteiger partial charge in [-0.25, -0.2) is 0 Å². The molecule has 7 heteroatoms. The number of likely N-dealkylation sites (N-methyl/N-ethyl adjacent to an activating group) is 1. The van der Waals surface area contributed by atoms with Gasteiger partial charge in [0.05, 0.1) is 18.2 Å². The largest absolute Gasteiger partial charge is 0.482 e. The van der Waals surface area contributed by atoms with Gasteiger partial charge in [0.1, 0.15) is 5.75 Å². The normalized spacial score (nSPS) is 13.9. The Kier molecular flexibility index (Phi) is 6.49. The van der Waals surface area contributed by atoms with Crippen molar-refractivity contribution in [1.82, 2.24) is 4.90 Å². The summed E-state index contributed by atoms with van der Waals surface area (Å²) in [6, 6.07) is 16.6. The van der Waals surface area contributed by atoms with E-state index in [9.17, 15) is 14.4 Å². The molecule has 1 aliphatic rings. The van der Waals surface area contributed by atoms with Gasteiger partial charge in [-0.05, 0) is 24.6 Å². The average molecular weight is 396 g/mol. The van der Waals surface area contributed by atoms with Crippen LogP contribution in [0.1, 0.15) is 24.9 Å². The van der Waals surface area contributed by atoms with Gasteiger partial charge in [0, 0.05) is 13.6 Å². The fourth-order valence-electron chi connectivity index (χ4n) is 3.09. The Morgan fingerprint density at radius 2 is 1.83 bits per heavy atom. The Hall–Kier alpha value is -3.35. The smallest absolute Gasteiger partial charge is 0.308 e. The number of benzene rings is 2. The maximum atomic E-state index is 12.4. The number of carbonyl (C=O) groups is 3. The van der Waals surface area contributed by atoms with Crippen LogP contribution in [0.2, 0.25) is 0 Å². The van der Waals surface area contributed by atoms with Crippen molar-refractivity contribution in [2.75, 3.05) is 31.7 Å². The van der Waals surface area contributed by atoms with Crippen LogP contribution in [0.3, 0.4) is 0 Å². The number of hydrogen-bond donors (Lipinski definition) is 0. The molecule has 0 aromatic heterocycles. The Balaban J connectivity index is 1.49. The Bertz CT molecular complexity index is 884. The van der Waals surface area contributed by atoms with E-state index in [1.807, 2.05) is 43.3 Å². The molecule has 2 aromatic carbocycles. The van der Waals surface area contributed by atoms with Crippen LogP contribution in [-0.4, -0.2) is 49.5 Å². The highest BCUT2D eigenvalue weighted by Crippen LogP contribution is 2.31. The van der Waals surface area contributed by atoms with Gasteiger partial charge in [0.2, 0.25) is 0 Å². The van der Waals surface area contributed by atoms with E-state index in [0.29, 0.717) is 11.4 Å². The van der Waals surface area contributed by atoms with Gasteiger partial charge in [-0.2, -0.15) is 0 Å². The van der Waals surface area contributed by atoms with Gasteiger partial charge >= 0.3 is 5.97 Å². The number of hydrogen-bond acceptors (Lipinski definition) is 5. The van der Waals surface area contributed by atoms with Gasteiger partial charge in [-0.3, -0.25) is 14.4 Å². The van der Waals surface area contributed by atoms with Gasteiger partial charge in [-0.1, -0.05) is 42.5 Å². The maximum Gasteiger partial charge on any atom is 0.308 e. The molecule has 1 atom stereocenters. The van der Waals surface area contributed by atoms with Gasteiger partial charge in [-0.15, -0.1) is 0 Å². The second-order valence-corrected chi connectivity index (χ2v) is 6.80. The molecule has 0 saturated carbocycles. The zero-order valence-corrected chi connectivity index (χ0v) is 16.5. The third-order valence-electron chi connectivity index (χ3n) is 4.96. The number of fused-ring (bicyclic) bond motifs is 1. The van der Waals surface area contributed by atoms with E-state index >= 15 is 0 Å². The lowest BCUT2D eigenvalue weighted by atomic mass is 10.1. The number of anilines is 1. The Morgan fingerprint density at radius 3 is 2.59 bits per heavy atom. The lowest BCUT2D eigenvalue weighted by Gasteiger charge is -2.29. The number of carbonyl (C=O) groups excluding carboxylic acids is 3. The van der Waals surface area contributed by atoms with E-state index in [1.165, 1.54) is 4.90 Å². The van der Waals surface area contributed by atoms with Crippen LogP contribution >= 0.6 is 0 Å². The van der Waals surface area contributed by atoms with E-state index in [0.717, 1.165) is 5.56 Å². The molecule has 0 bridgehead atoms. The molecule has 2 aromatic rings. The second-order valence-electron chi connectivity index (χ2n) is 6.80. The van der Waals surface area contributed by atoms with Crippen molar-refractivity contribution in [2.24, 2.45) is 0 Å². The maximum absolute atomic E-state index is 12.4. The minimum absolute atomic E-state index is 0.00862. The van der Waals surface area contributed by atoms with Gasteiger partial charge in [0.15, 0.2) is 13.2 Å². The highest BCUT2D eigenvalue weighted by molar-refractivity contribution is 5.98. The van der Waals surface area contributed by atoms with Crippen molar-refractivity contribution in [3.8, 4) is 5.75 Å². The molecule has 0 unspecified atom stereocenters. The lowest BCUT2D eigenvalue weighted by molar-refractivity contribution is -0.152. The first-order chi connectivity index (χ1) is 14.0. The van der Waals surface area contributed by atoms with Crippen molar-refractivity contribution in [3.63, 3.8) is 0 Å². The molecule has 1 heterocycles. The molecular formula is C22H24N2O5. The summed E-state index contributed by atoms with van der Waals surface area (Å²) in [7, 11) is 1.68. The second kappa shape index (κ2) is 9.23. The predicted octanol–water partition coefficient (Wildman–Crippen LogP) is 2.56. The third kappa shape index (κ3) is 4.93. The fraction of sp³-hybridized carbons (Fsp3) is 0.318. The summed E-state index contributed by atoms with van der Waals surface area (Å²) >= 11 is 0. The van der Waals surface area contributed by atoms with Crippen molar-refractivity contribution >= 4 is 23.5 Å². The quantitative estimate of drug-likeness (QED) is 0.673. The van der Waals surface area contributed by atoms with Crippen molar-refractivity contribution in [3.05, 3.63) is 60.2 Å². The lowest BCUT2D eigenvalue weighted by Crippen LogP contribution is -2.40. The number of amides is 2. The molecule has 0 aliphatic carbocycles. The van der Waals surface area contributed by atoms with Crippen LogP contribution < -0.4 is 9.64 Å². The topological polar surface area (TPSA) is 76.2 Å². The Labute approximate surface area is 169 Å². The SMILES string of the molecule is C[C@H](c1ccccc1)N(C)C(=O)COC(=O)CCN1C(=O)COc2ccccc21. The molecule has 2 amide bonds. The monoisotopic (exact) mass is 396 g/mol. The number of para-hydroxylation sites is 2. The summed E-state index contributed by atoms with van der Waals surface area (Å²) < 4.78 is 10.5. The molecule has 1 aliphatic heterocycles. The van der Waals surface area contributed by atoms with E-state index in [-0.39, 0.29) is 44.0 Å². The zero-order valence-electron chi connectivity index (χ0n) is 16.5. The molecule has 152 valence electrons. The molecule has 0 spiro atoms. The molecule has 29 heavy (non-hydrogen) atoms. The molecular weight excluding hydrogens is 372 g/mol. The standard InChI is InChI=1S/C22H24N2O5/c1-16(17-8-4-3-5-9-17)23(2)20(25)14-29-22(27)12-13-24-18-10-6-7-11-19(18)28-15-21(24)26/h3-11,16H,12-15H2,1-2H3/t16-/m1/s1. The third-order valence-corrected chi connectivity index (χ3v) is 4.96. The number of nitrogens with zero attached hydrogens (tertiary/aromatic N) is 2. The first-order valence-corrected chi connectivity index (χ1v) is 9.46.